The van der Waals surface area contributed by atoms with Crippen molar-refractivity contribution in [2.45, 2.75) is 39.0 Å². The van der Waals surface area contributed by atoms with E-state index >= 15 is 0 Å². The molecule has 0 saturated carbocycles. The van der Waals surface area contributed by atoms with Crippen LogP contribution in [0.5, 0.6) is 0 Å². The van der Waals surface area contributed by atoms with E-state index in [2.05, 4.69) is 10.4 Å². The minimum Gasteiger partial charge on any atom is -0.480 e. The lowest BCUT2D eigenvalue weighted by atomic mass is 10.1. The van der Waals surface area contributed by atoms with E-state index in [0.29, 0.717) is 6.54 Å². The summed E-state index contributed by atoms with van der Waals surface area (Å²) in [5.41, 5.74) is 1.59. The first kappa shape index (κ1) is 17.5. The molecular formula is C17H21N3O4. The molecule has 7 heteroatoms. The molecule has 128 valence electrons. The number of ether oxygens (including phenoxy) is 1. The highest BCUT2D eigenvalue weighted by molar-refractivity contribution is 5.80. The zero-order valence-electron chi connectivity index (χ0n) is 13.5. The molecule has 2 aromatic rings. The van der Waals surface area contributed by atoms with Gasteiger partial charge in [0.25, 0.3) is 0 Å². The third-order valence-corrected chi connectivity index (χ3v) is 3.46. The minimum absolute atomic E-state index is 0.0901. The molecule has 7 nitrogen and oxygen atoms in total. The van der Waals surface area contributed by atoms with Gasteiger partial charge in [0, 0.05) is 24.9 Å². The van der Waals surface area contributed by atoms with Crippen molar-refractivity contribution in [3.8, 4) is 0 Å². The molecule has 1 aromatic carbocycles. The van der Waals surface area contributed by atoms with E-state index in [9.17, 15) is 14.7 Å². The Labute approximate surface area is 140 Å². The standard InChI is InChI=1S/C17H21N3O4/c1-2-10-20-14(8-9-18-20)11-15(16(21)22)19-17(23)24-12-13-6-4-3-5-7-13/h3-9,15H,2,10-12H2,1H3,(H,19,23)(H,21,22). The van der Waals surface area contributed by atoms with Gasteiger partial charge in [0.1, 0.15) is 12.6 Å². The van der Waals surface area contributed by atoms with E-state index < -0.39 is 18.1 Å². The number of carboxylic acid groups (broad SMARTS) is 1. The molecule has 1 atom stereocenters. The second-order valence-electron chi connectivity index (χ2n) is 5.35. The number of nitrogens with one attached hydrogen (secondary N) is 1. The Morgan fingerprint density at radius 2 is 2.04 bits per heavy atom. The smallest absolute Gasteiger partial charge is 0.408 e. The van der Waals surface area contributed by atoms with E-state index in [1.807, 2.05) is 37.3 Å². The van der Waals surface area contributed by atoms with Crippen LogP contribution in [-0.2, 0) is 29.1 Å². The summed E-state index contributed by atoms with van der Waals surface area (Å²) in [7, 11) is 0. The van der Waals surface area contributed by atoms with Crippen molar-refractivity contribution in [1.82, 2.24) is 15.1 Å². The van der Waals surface area contributed by atoms with Gasteiger partial charge in [0.05, 0.1) is 0 Å². The van der Waals surface area contributed by atoms with Crippen molar-refractivity contribution < 1.29 is 19.4 Å². The van der Waals surface area contributed by atoms with Crippen LogP contribution in [0, 0.1) is 0 Å². The van der Waals surface area contributed by atoms with Crippen molar-refractivity contribution in [1.29, 1.82) is 0 Å². The Morgan fingerprint density at radius 1 is 1.29 bits per heavy atom. The number of amides is 1. The second-order valence-corrected chi connectivity index (χ2v) is 5.35. The molecular weight excluding hydrogens is 310 g/mol. The van der Waals surface area contributed by atoms with Crippen LogP contribution >= 0.6 is 0 Å². The highest BCUT2D eigenvalue weighted by Gasteiger charge is 2.22. The fourth-order valence-corrected chi connectivity index (χ4v) is 2.26. The quantitative estimate of drug-likeness (QED) is 0.773. The summed E-state index contributed by atoms with van der Waals surface area (Å²) in [6.45, 7) is 2.80. The first-order valence-electron chi connectivity index (χ1n) is 7.81. The van der Waals surface area contributed by atoms with E-state index in [4.69, 9.17) is 4.74 Å². The number of carboxylic acids is 1. The first-order chi connectivity index (χ1) is 11.6. The summed E-state index contributed by atoms with van der Waals surface area (Å²) in [6.07, 6.45) is 1.90. The lowest BCUT2D eigenvalue weighted by molar-refractivity contribution is -0.139. The maximum atomic E-state index is 11.9. The van der Waals surface area contributed by atoms with E-state index in [1.54, 1.807) is 16.9 Å². The Balaban J connectivity index is 1.91. The monoisotopic (exact) mass is 331 g/mol. The van der Waals surface area contributed by atoms with Gasteiger partial charge in [-0.25, -0.2) is 9.59 Å². The lowest BCUT2D eigenvalue weighted by Crippen LogP contribution is -2.43. The molecule has 0 aliphatic carbocycles. The van der Waals surface area contributed by atoms with Crippen LogP contribution in [0.1, 0.15) is 24.6 Å². The Bertz CT molecular complexity index is 669. The largest absolute Gasteiger partial charge is 0.480 e. The molecule has 0 bridgehead atoms. The molecule has 0 aliphatic heterocycles. The molecule has 24 heavy (non-hydrogen) atoms. The Kier molecular flexibility index (Phi) is 6.36. The lowest BCUT2D eigenvalue weighted by Gasteiger charge is -2.15. The van der Waals surface area contributed by atoms with Crippen LogP contribution in [0.25, 0.3) is 0 Å². The molecule has 0 fully saturated rings. The fraction of sp³-hybridized carbons (Fsp3) is 0.353. The first-order valence-corrected chi connectivity index (χ1v) is 7.81. The molecule has 1 aromatic heterocycles. The zero-order chi connectivity index (χ0) is 17.4. The predicted molar refractivity (Wildman–Crippen MR) is 87.4 cm³/mol. The summed E-state index contributed by atoms with van der Waals surface area (Å²) in [6, 6.07) is 9.88. The number of carbonyl (C=O) groups is 2. The van der Waals surface area contributed by atoms with Crippen molar-refractivity contribution in [2.24, 2.45) is 0 Å². The fourth-order valence-electron chi connectivity index (χ4n) is 2.26. The van der Waals surface area contributed by atoms with Gasteiger partial charge >= 0.3 is 12.1 Å². The van der Waals surface area contributed by atoms with Crippen LogP contribution < -0.4 is 5.32 Å². The molecule has 1 heterocycles. The Morgan fingerprint density at radius 3 is 2.71 bits per heavy atom. The third kappa shape index (κ3) is 5.12. The van der Waals surface area contributed by atoms with Gasteiger partial charge in [0.15, 0.2) is 0 Å². The molecule has 2 rings (SSSR count). The molecule has 0 aliphatic rings. The highest BCUT2D eigenvalue weighted by atomic mass is 16.5. The number of rotatable bonds is 8. The third-order valence-electron chi connectivity index (χ3n) is 3.46. The number of alkyl carbamates (subject to hydrolysis) is 1. The summed E-state index contributed by atoms with van der Waals surface area (Å²) >= 11 is 0. The van der Waals surface area contributed by atoms with Crippen LogP contribution in [0.2, 0.25) is 0 Å². The van der Waals surface area contributed by atoms with Crippen LogP contribution in [-0.4, -0.2) is 33.0 Å². The van der Waals surface area contributed by atoms with Gasteiger partial charge in [-0.1, -0.05) is 37.3 Å². The average Bonchev–Trinajstić information content (AvgIpc) is 3.00. The normalized spacial score (nSPS) is 11.7. The molecule has 0 spiro atoms. The number of aliphatic carboxylic acids is 1. The Hall–Kier alpha value is -2.83. The van der Waals surface area contributed by atoms with Crippen molar-refractivity contribution >= 4 is 12.1 Å². The molecule has 1 amide bonds. The number of nitrogens with zero attached hydrogens (tertiary/aromatic N) is 2. The predicted octanol–water partition coefficient (Wildman–Crippen LogP) is 2.22. The molecule has 1 unspecified atom stereocenters. The van der Waals surface area contributed by atoms with Gasteiger partial charge in [-0.3, -0.25) is 4.68 Å². The summed E-state index contributed by atoms with van der Waals surface area (Å²) in [4.78, 5) is 23.3. The van der Waals surface area contributed by atoms with Gasteiger partial charge in [0.2, 0.25) is 0 Å². The topological polar surface area (TPSA) is 93.5 Å². The van der Waals surface area contributed by atoms with Crippen molar-refractivity contribution in [3.63, 3.8) is 0 Å². The van der Waals surface area contributed by atoms with Gasteiger partial charge in [-0.2, -0.15) is 5.10 Å². The summed E-state index contributed by atoms with van der Waals surface area (Å²) < 4.78 is 6.81. The highest BCUT2D eigenvalue weighted by Crippen LogP contribution is 2.06. The number of carbonyl (C=O) groups excluding carboxylic acids is 1. The van der Waals surface area contributed by atoms with E-state index in [1.165, 1.54) is 0 Å². The number of aryl methyl sites for hydroxylation is 1. The second kappa shape index (κ2) is 8.71. The van der Waals surface area contributed by atoms with E-state index in [0.717, 1.165) is 17.7 Å². The molecule has 0 saturated heterocycles. The molecule has 0 radical (unpaired) electrons. The van der Waals surface area contributed by atoms with Crippen LogP contribution in [0.15, 0.2) is 42.6 Å². The number of benzene rings is 1. The number of hydrogen-bond donors (Lipinski definition) is 2. The maximum Gasteiger partial charge on any atom is 0.408 e. The van der Waals surface area contributed by atoms with E-state index in [-0.39, 0.29) is 13.0 Å². The van der Waals surface area contributed by atoms with Crippen LogP contribution in [0.4, 0.5) is 4.79 Å². The SMILES string of the molecule is CCCn1nccc1CC(NC(=O)OCc1ccccc1)C(=O)O. The van der Waals surface area contributed by atoms with Crippen molar-refractivity contribution in [2.75, 3.05) is 0 Å². The zero-order valence-corrected chi connectivity index (χ0v) is 13.5. The summed E-state index contributed by atoms with van der Waals surface area (Å²) in [5.74, 6) is -1.11. The van der Waals surface area contributed by atoms with Gasteiger partial charge < -0.3 is 15.2 Å². The van der Waals surface area contributed by atoms with Crippen LogP contribution in [0.3, 0.4) is 0 Å². The number of hydrogen-bond acceptors (Lipinski definition) is 4. The average molecular weight is 331 g/mol. The summed E-state index contributed by atoms with van der Waals surface area (Å²) in [5, 5.41) is 15.9. The number of aromatic nitrogens is 2. The van der Waals surface area contributed by atoms with Gasteiger partial charge in [-0.15, -0.1) is 0 Å². The van der Waals surface area contributed by atoms with Crippen molar-refractivity contribution in [3.05, 3.63) is 53.9 Å². The molecule has 2 N–H and O–H groups in total. The van der Waals surface area contributed by atoms with Gasteiger partial charge in [-0.05, 0) is 18.1 Å². The maximum absolute atomic E-state index is 11.9. The minimum atomic E-state index is -1.11.